The number of nitrogens with zero attached hydrogens (tertiary/aromatic N) is 3. The molecule has 0 spiro atoms. The Morgan fingerprint density at radius 1 is 1.29 bits per heavy atom. The van der Waals surface area contributed by atoms with Crippen molar-refractivity contribution in [3.63, 3.8) is 0 Å². The molecule has 0 bridgehead atoms. The van der Waals surface area contributed by atoms with Crippen LogP contribution in [0, 0.1) is 10.1 Å². The number of halogens is 1. The van der Waals surface area contributed by atoms with Gasteiger partial charge in [-0.25, -0.2) is 9.97 Å². The lowest BCUT2D eigenvalue weighted by Gasteiger charge is -2.00. The van der Waals surface area contributed by atoms with Crippen molar-refractivity contribution < 1.29 is 4.92 Å². The zero-order valence-electron chi connectivity index (χ0n) is 8.41. The fraction of sp³-hybridized carbons (Fsp3) is 0. The minimum absolute atomic E-state index is 0.0802. The van der Waals surface area contributed by atoms with Crippen LogP contribution < -0.4 is 0 Å². The molecule has 86 valence electrons. The molecule has 0 atom stereocenters. The van der Waals surface area contributed by atoms with E-state index in [-0.39, 0.29) is 10.8 Å². The summed E-state index contributed by atoms with van der Waals surface area (Å²) in [5.41, 5.74) is -0.0802. The molecule has 0 aliphatic heterocycles. The van der Waals surface area contributed by atoms with Gasteiger partial charge in [-0.15, -0.1) is 0 Å². The summed E-state index contributed by atoms with van der Waals surface area (Å²) in [5, 5.41) is 11.9. The molecule has 0 aliphatic carbocycles. The van der Waals surface area contributed by atoms with Crippen molar-refractivity contribution in [2.75, 3.05) is 0 Å². The Morgan fingerprint density at radius 3 is 2.76 bits per heavy atom. The molecule has 0 aromatic carbocycles. The molecule has 0 radical (unpaired) electrons. The molecule has 0 aliphatic rings. The zero-order valence-corrected chi connectivity index (χ0v) is 9.98. The van der Waals surface area contributed by atoms with Crippen LogP contribution >= 0.6 is 23.4 Å². The van der Waals surface area contributed by atoms with Gasteiger partial charge in [0.2, 0.25) is 0 Å². The summed E-state index contributed by atoms with van der Waals surface area (Å²) >= 11 is 6.93. The molecule has 2 rings (SSSR count). The maximum absolute atomic E-state index is 10.7. The van der Waals surface area contributed by atoms with Crippen molar-refractivity contribution in [3.8, 4) is 0 Å². The summed E-state index contributed by atoms with van der Waals surface area (Å²) in [6, 6.07) is 7.99. The molecular weight excluding hydrogens is 262 g/mol. The molecular formula is C10H6ClN3O2S. The molecule has 7 heteroatoms. The third kappa shape index (κ3) is 3.15. The minimum atomic E-state index is -0.504. The normalized spacial score (nSPS) is 10.2. The van der Waals surface area contributed by atoms with Gasteiger partial charge in [-0.3, -0.25) is 10.1 Å². The Balaban J connectivity index is 2.30. The minimum Gasteiger partial charge on any atom is -0.258 e. The van der Waals surface area contributed by atoms with Crippen LogP contribution in [-0.2, 0) is 0 Å². The van der Waals surface area contributed by atoms with E-state index < -0.39 is 4.92 Å². The van der Waals surface area contributed by atoms with E-state index in [0.29, 0.717) is 10.1 Å². The summed E-state index contributed by atoms with van der Waals surface area (Å²) in [6.07, 6.45) is 1.64. The van der Waals surface area contributed by atoms with Crippen molar-refractivity contribution in [2.45, 2.75) is 10.1 Å². The first-order chi connectivity index (χ1) is 8.15. The quantitative estimate of drug-likeness (QED) is 0.485. The van der Waals surface area contributed by atoms with Crippen LogP contribution in [0.4, 0.5) is 5.69 Å². The second-order valence-electron chi connectivity index (χ2n) is 3.01. The summed E-state index contributed by atoms with van der Waals surface area (Å²) in [6.45, 7) is 0. The topological polar surface area (TPSA) is 68.9 Å². The molecule has 0 N–H and O–H groups in total. The Labute approximate surface area is 106 Å². The van der Waals surface area contributed by atoms with Crippen molar-refractivity contribution in [2.24, 2.45) is 0 Å². The van der Waals surface area contributed by atoms with E-state index in [2.05, 4.69) is 9.97 Å². The van der Waals surface area contributed by atoms with Crippen LogP contribution in [0.15, 0.2) is 46.6 Å². The Bertz CT molecular complexity index is 551. The highest BCUT2D eigenvalue weighted by atomic mass is 35.5. The standard InChI is InChI=1S/C10H6ClN3O2S/c11-8-5-7(14(15)16)6-10(13-8)17-9-3-1-2-4-12-9/h1-6H. The van der Waals surface area contributed by atoms with Crippen LogP contribution in [-0.4, -0.2) is 14.9 Å². The van der Waals surface area contributed by atoms with Crippen LogP contribution in [0.1, 0.15) is 0 Å². The third-order valence-corrected chi connectivity index (χ3v) is 2.88. The van der Waals surface area contributed by atoms with Crippen LogP contribution in [0.5, 0.6) is 0 Å². The van der Waals surface area contributed by atoms with Gasteiger partial charge in [0.25, 0.3) is 5.69 Å². The number of nitro groups is 1. The smallest absolute Gasteiger partial charge is 0.258 e. The van der Waals surface area contributed by atoms with E-state index in [0.717, 1.165) is 0 Å². The highest BCUT2D eigenvalue weighted by molar-refractivity contribution is 7.99. The SMILES string of the molecule is O=[N+]([O-])c1cc(Cl)nc(Sc2ccccn2)c1. The van der Waals surface area contributed by atoms with Crippen LogP contribution in [0.2, 0.25) is 5.15 Å². The second kappa shape index (κ2) is 5.11. The Morgan fingerprint density at radius 2 is 2.12 bits per heavy atom. The van der Waals surface area contributed by atoms with E-state index in [4.69, 9.17) is 11.6 Å². The molecule has 2 heterocycles. The highest BCUT2D eigenvalue weighted by Crippen LogP contribution is 2.28. The summed E-state index contributed by atoms with van der Waals surface area (Å²) in [4.78, 5) is 18.2. The molecule has 5 nitrogen and oxygen atoms in total. The number of aromatic nitrogens is 2. The molecule has 0 fully saturated rings. The van der Waals surface area contributed by atoms with Gasteiger partial charge in [-0.05, 0) is 23.9 Å². The lowest BCUT2D eigenvalue weighted by atomic mass is 10.4. The van der Waals surface area contributed by atoms with Crippen LogP contribution in [0.3, 0.4) is 0 Å². The number of hydrogen-bond acceptors (Lipinski definition) is 5. The molecule has 0 amide bonds. The van der Waals surface area contributed by atoms with E-state index in [1.807, 2.05) is 6.07 Å². The van der Waals surface area contributed by atoms with E-state index >= 15 is 0 Å². The van der Waals surface area contributed by atoms with Gasteiger partial charge in [-0.1, -0.05) is 17.7 Å². The van der Waals surface area contributed by atoms with Gasteiger partial charge in [0.1, 0.15) is 15.2 Å². The fourth-order valence-electron chi connectivity index (χ4n) is 1.13. The van der Waals surface area contributed by atoms with Crippen molar-refractivity contribution in [3.05, 3.63) is 51.8 Å². The van der Waals surface area contributed by atoms with E-state index in [1.54, 1.807) is 18.3 Å². The Hall–Kier alpha value is -1.66. The van der Waals surface area contributed by atoms with Crippen molar-refractivity contribution >= 4 is 29.1 Å². The van der Waals surface area contributed by atoms with E-state index in [1.165, 1.54) is 23.9 Å². The predicted molar refractivity (Wildman–Crippen MR) is 64.3 cm³/mol. The first kappa shape index (κ1) is 11.8. The third-order valence-electron chi connectivity index (χ3n) is 1.81. The number of pyridine rings is 2. The van der Waals surface area contributed by atoms with Crippen LogP contribution in [0.25, 0.3) is 0 Å². The summed E-state index contributed by atoms with van der Waals surface area (Å²) in [5.74, 6) is 0. The average Bonchev–Trinajstić information content (AvgIpc) is 2.29. The predicted octanol–water partition coefficient (Wildman–Crippen LogP) is 3.19. The molecule has 0 unspecified atom stereocenters. The van der Waals surface area contributed by atoms with Gasteiger partial charge < -0.3 is 0 Å². The zero-order chi connectivity index (χ0) is 12.3. The lowest BCUT2D eigenvalue weighted by molar-refractivity contribution is -0.385. The molecule has 17 heavy (non-hydrogen) atoms. The van der Waals surface area contributed by atoms with Gasteiger partial charge in [-0.2, -0.15) is 0 Å². The van der Waals surface area contributed by atoms with E-state index in [9.17, 15) is 10.1 Å². The monoisotopic (exact) mass is 267 g/mol. The number of hydrogen-bond donors (Lipinski definition) is 0. The summed E-state index contributed by atoms with van der Waals surface area (Å²) in [7, 11) is 0. The summed E-state index contributed by atoms with van der Waals surface area (Å²) < 4.78 is 0. The van der Waals surface area contributed by atoms with Gasteiger partial charge in [0.15, 0.2) is 0 Å². The van der Waals surface area contributed by atoms with Gasteiger partial charge >= 0.3 is 0 Å². The first-order valence-corrected chi connectivity index (χ1v) is 5.75. The van der Waals surface area contributed by atoms with Gasteiger partial charge in [0, 0.05) is 12.3 Å². The van der Waals surface area contributed by atoms with Gasteiger partial charge in [0.05, 0.1) is 11.0 Å². The average molecular weight is 268 g/mol. The maximum Gasteiger partial charge on any atom is 0.275 e. The fourth-order valence-corrected chi connectivity index (χ4v) is 2.18. The van der Waals surface area contributed by atoms with Crippen molar-refractivity contribution in [1.82, 2.24) is 9.97 Å². The van der Waals surface area contributed by atoms with Crippen molar-refractivity contribution in [1.29, 1.82) is 0 Å². The largest absolute Gasteiger partial charge is 0.275 e. The molecule has 2 aromatic rings. The molecule has 0 saturated carbocycles. The second-order valence-corrected chi connectivity index (χ2v) is 4.44. The molecule has 0 saturated heterocycles. The number of rotatable bonds is 3. The lowest BCUT2D eigenvalue weighted by Crippen LogP contribution is -1.91. The first-order valence-electron chi connectivity index (χ1n) is 4.56. The maximum atomic E-state index is 10.7. The highest BCUT2D eigenvalue weighted by Gasteiger charge is 2.11. The molecule has 2 aromatic heterocycles. The Kier molecular flexibility index (Phi) is 3.55.